The van der Waals surface area contributed by atoms with Crippen molar-refractivity contribution in [2.45, 2.75) is 78.8 Å². The molecule has 43 heavy (non-hydrogen) atoms. The average molecular weight is 780 g/mol. The van der Waals surface area contributed by atoms with Crippen LogP contribution in [-0.4, -0.2) is 25.7 Å². The van der Waals surface area contributed by atoms with E-state index >= 15 is 0 Å². The summed E-state index contributed by atoms with van der Waals surface area (Å²) in [6.45, 7) is 23.7. The number of nitrogens with zero attached hydrogens (tertiary/aromatic N) is 2. The van der Waals surface area contributed by atoms with E-state index in [1.54, 1.807) is 0 Å². The van der Waals surface area contributed by atoms with Crippen LogP contribution in [0.3, 0.4) is 0 Å². The summed E-state index contributed by atoms with van der Waals surface area (Å²) in [4.78, 5) is 5.30. The van der Waals surface area contributed by atoms with Crippen LogP contribution >= 0.6 is 0 Å². The van der Waals surface area contributed by atoms with Crippen LogP contribution in [0.5, 0.6) is 0 Å². The van der Waals surface area contributed by atoms with Crippen molar-refractivity contribution in [2.75, 3.05) is 0 Å². The van der Waals surface area contributed by atoms with Gasteiger partial charge >= 0.3 is 0 Å². The molecule has 0 bridgehead atoms. The molecule has 0 aliphatic rings. The summed E-state index contributed by atoms with van der Waals surface area (Å²) in [7, 11) is -3.03. The molecular weight excluding hydrogens is 737 g/mol. The summed E-state index contributed by atoms with van der Waals surface area (Å²) in [6, 6.07) is 28.0. The molecule has 6 rings (SSSR count). The Morgan fingerprint density at radius 1 is 0.744 bits per heavy atom. The Labute approximate surface area is 272 Å². The summed E-state index contributed by atoms with van der Waals surface area (Å²) in [5, 5.41) is 5.17. The van der Waals surface area contributed by atoms with E-state index in [-0.39, 0.29) is 20.1 Å². The van der Waals surface area contributed by atoms with Gasteiger partial charge < -0.3 is 8.98 Å². The Bertz CT molecular complexity index is 1940. The summed E-state index contributed by atoms with van der Waals surface area (Å²) in [6.07, 6.45) is 0. The molecule has 2 heterocycles. The quantitative estimate of drug-likeness (QED) is 0.125. The Kier molecular flexibility index (Phi) is 8.32. The van der Waals surface area contributed by atoms with Crippen LogP contribution in [0, 0.1) is 6.07 Å². The Morgan fingerprint density at radius 3 is 1.98 bits per heavy atom. The number of para-hydroxylation sites is 2. The van der Waals surface area contributed by atoms with Gasteiger partial charge in [-0.25, -0.2) is 0 Å². The molecule has 6 aromatic rings. The zero-order chi connectivity index (χ0) is 30.1. The molecule has 6 heteroatoms. The van der Waals surface area contributed by atoms with E-state index in [9.17, 15) is 0 Å². The maximum absolute atomic E-state index is 6.72. The van der Waals surface area contributed by atoms with Crippen molar-refractivity contribution in [3.63, 3.8) is 0 Å². The Hall–Kier alpha value is -2.77. The van der Waals surface area contributed by atoms with E-state index in [0.29, 0.717) is 11.8 Å². The normalized spacial score (nSPS) is 12.7. The van der Waals surface area contributed by atoms with Crippen LogP contribution in [0.25, 0.3) is 50.0 Å². The number of aromatic nitrogens is 2. The third-order valence-electron chi connectivity index (χ3n) is 8.59. The van der Waals surface area contributed by atoms with Crippen molar-refractivity contribution in [3.8, 4) is 17.1 Å². The van der Waals surface area contributed by atoms with Crippen LogP contribution < -0.4 is 10.4 Å². The molecule has 1 radical (unpaired) electrons. The van der Waals surface area contributed by atoms with Gasteiger partial charge in [0, 0.05) is 31.2 Å². The van der Waals surface area contributed by atoms with E-state index in [1.807, 2.05) is 6.07 Å². The molecule has 4 aromatic carbocycles. The predicted molar refractivity (Wildman–Crippen MR) is 187 cm³/mol. The molecule has 0 saturated carbocycles. The maximum atomic E-state index is 6.72. The van der Waals surface area contributed by atoms with Gasteiger partial charge in [-0.3, -0.25) is 4.98 Å². The predicted octanol–water partition coefficient (Wildman–Crippen LogP) is 9.73. The molecule has 0 amide bonds. The first kappa shape index (κ1) is 31.7. The molecule has 0 spiro atoms. The Morgan fingerprint density at radius 2 is 1.37 bits per heavy atom. The average Bonchev–Trinajstić information content (AvgIpc) is 3.49. The number of hydrogen-bond donors (Lipinski definition) is 0. The van der Waals surface area contributed by atoms with Crippen LogP contribution in [0.2, 0.25) is 39.3 Å². The minimum atomic E-state index is -1.54. The number of hydrogen-bond acceptors (Lipinski definition) is 2. The van der Waals surface area contributed by atoms with Crippen LogP contribution in [-0.2, 0) is 20.1 Å². The van der Waals surface area contributed by atoms with Crippen molar-refractivity contribution in [3.05, 3.63) is 83.9 Å². The summed E-state index contributed by atoms with van der Waals surface area (Å²) in [5.41, 5.74) is 8.81. The molecular formula is C37H43IrN2OSi2-. The van der Waals surface area contributed by atoms with Crippen molar-refractivity contribution in [1.82, 2.24) is 9.55 Å². The fourth-order valence-corrected chi connectivity index (χ4v) is 8.37. The third kappa shape index (κ3) is 5.52. The number of imidazole rings is 1. The second-order valence-electron chi connectivity index (χ2n) is 14.5. The second kappa shape index (κ2) is 11.3. The monoisotopic (exact) mass is 780 g/mol. The topological polar surface area (TPSA) is 31.0 Å². The maximum Gasteiger partial charge on any atom is 0.120 e. The molecule has 0 saturated heterocycles. The van der Waals surface area contributed by atoms with Crippen molar-refractivity contribution < 1.29 is 24.5 Å². The number of benzene rings is 4. The van der Waals surface area contributed by atoms with Gasteiger partial charge in [-0.05, 0) is 41.2 Å². The van der Waals surface area contributed by atoms with Gasteiger partial charge in [0.2, 0.25) is 0 Å². The van der Waals surface area contributed by atoms with E-state index in [2.05, 4.69) is 138 Å². The van der Waals surface area contributed by atoms with E-state index in [4.69, 9.17) is 9.40 Å². The number of furan rings is 1. The first-order valence-electron chi connectivity index (χ1n) is 15.3. The smallest absolute Gasteiger partial charge is 0.120 e. The van der Waals surface area contributed by atoms with Crippen molar-refractivity contribution >= 4 is 59.5 Å². The van der Waals surface area contributed by atoms with E-state index in [0.717, 1.165) is 44.4 Å². The van der Waals surface area contributed by atoms with Crippen LogP contribution in [0.4, 0.5) is 0 Å². The first-order valence-corrected chi connectivity index (χ1v) is 22.3. The summed E-state index contributed by atoms with van der Waals surface area (Å²) < 4.78 is 9.13. The van der Waals surface area contributed by atoms with Crippen LogP contribution in [0.1, 0.15) is 50.7 Å². The molecule has 225 valence electrons. The molecule has 2 aromatic heterocycles. The van der Waals surface area contributed by atoms with E-state index < -0.39 is 16.1 Å². The fourth-order valence-electron chi connectivity index (χ4n) is 6.05. The minimum Gasteiger partial charge on any atom is -0.501 e. The molecule has 0 aliphatic carbocycles. The molecule has 0 aliphatic heterocycles. The second-order valence-corrected chi connectivity index (χ2v) is 24.6. The first-order chi connectivity index (χ1) is 19.8. The zero-order valence-corrected chi connectivity index (χ0v) is 31.5. The van der Waals surface area contributed by atoms with Gasteiger partial charge in [-0.1, -0.05) is 125 Å². The van der Waals surface area contributed by atoms with Gasteiger partial charge in [0.05, 0.1) is 38.6 Å². The minimum absolute atomic E-state index is 0. The fraction of sp³-hybridized carbons (Fsp3) is 0.324. The standard InChI is InChI=1S/C37H43N2OSi2.Ir/c1-23(2)30-20-26(42(8,9)10)21-31(24(3)4)35(30)39-33-17-12-11-16-32(33)38-37(39)29-15-13-14-28-27-19-18-25(41(5,6)7)22-34(27)40-36(28)29;/h11-14,16-24H,1-10H3;/q-1;. The molecule has 0 fully saturated rings. The van der Waals surface area contributed by atoms with Crippen LogP contribution in [0.15, 0.2) is 71.1 Å². The van der Waals surface area contributed by atoms with Gasteiger partial charge in [0.15, 0.2) is 0 Å². The molecule has 3 nitrogen and oxygen atoms in total. The third-order valence-corrected chi connectivity index (χ3v) is 12.6. The SMILES string of the molecule is CC(C)c1cc([Si](C)(C)C)cc(C(C)C)c1-n1c(-c2[c-]ccc3c2oc2cc([Si](C)(C)C)ccc23)nc2ccccc21.[Ir]. The van der Waals surface area contributed by atoms with Crippen molar-refractivity contribution in [2.24, 2.45) is 0 Å². The van der Waals surface area contributed by atoms with Gasteiger partial charge in [0.1, 0.15) is 5.58 Å². The Balaban J connectivity index is 0.00000368. The summed E-state index contributed by atoms with van der Waals surface area (Å²) >= 11 is 0. The number of rotatable bonds is 6. The van der Waals surface area contributed by atoms with Crippen molar-refractivity contribution in [1.29, 1.82) is 0 Å². The molecule has 0 unspecified atom stereocenters. The van der Waals surface area contributed by atoms with Gasteiger partial charge in [-0.2, -0.15) is 0 Å². The largest absolute Gasteiger partial charge is 0.501 e. The van der Waals surface area contributed by atoms with Gasteiger partial charge in [0.25, 0.3) is 0 Å². The molecule has 0 atom stereocenters. The zero-order valence-electron chi connectivity index (χ0n) is 27.1. The number of fused-ring (bicyclic) bond motifs is 4. The van der Waals surface area contributed by atoms with E-state index in [1.165, 1.54) is 27.2 Å². The van der Waals surface area contributed by atoms with Gasteiger partial charge in [-0.15, -0.1) is 18.2 Å². The molecule has 0 N–H and O–H groups in total. The summed E-state index contributed by atoms with van der Waals surface area (Å²) in [5.74, 6) is 1.60.